The quantitative estimate of drug-likeness (QED) is 0.724. The van der Waals surface area contributed by atoms with E-state index < -0.39 is 5.97 Å². The van der Waals surface area contributed by atoms with Crippen LogP contribution in [0.1, 0.15) is 26.2 Å². The van der Waals surface area contributed by atoms with Crippen LogP contribution in [0.4, 0.5) is 0 Å². The van der Waals surface area contributed by atoms with Crippen molar-refractivity contribution in [1.82, 2.24) is 4.90 Å². The molecule has 100 valence electrons. The summed E-state index contributed by atoms with van der Waals surface area (Å²) < 4.78 is 10.5. The van der Waals surface area contributed by atoms with Gasteiger partial charge in [0, 0.05) is 26.2 Å². The van der Waals surface area contributed by atoms with Crippen molar-refractivity contribution in [2.24, 2.45) is 0 Å². The second-order valence-electron chi connectivity index (χ2n) is 4.46. The molecule has 0 amide bonds. The van der Waals surface area contributed by atoms with E-state index in [4.69, 9.17) is 14.6 Å². The van der Waals surface area contributed by atoms with Crippen molar-refractivity contribution < 1.29 is 19.4 Å². The van der Waals surface area contributed by atoms with E-state index in [1.807, 2.05) is 0 Å². The van der Waals surface area contributed by atoms with Gasteiger partial charge in [0.05, 0.1) is 12.7 Å². The van der Waals surface area contributed by atoms with Gasteiger partial charge in [0.2, 0.25) is 0 Å². The Kier molecular flexibility index (Phi) is 6.47. The minimum Gasteiger partial charge on any atom is -0.480 e. The third-order valence-electron chi connectivity index (χ3n) is 3.27. The largest absolute Gasteiger partial charge is 0.480 e. The molecule has 0 aromatic heterocycles. The lowest BCUT2D eigenvalue weighted by atomic mass is 10.0. The van der Waals surface area contributed by atoms with E-state index in [1.165, 1.54) is 0 Å². The summed E-state index contributed by atoms with van der Waals surface area (Å²) in [6, 6.07) is 0.473. The van der Waals surface area contributed by atoms with Gasteiger partial charge >= 0.3 is 5.97 Å². The molecule has 0 aromatic rings. The molecule has 1 N–H and O–H groups in total. The van der Waals surface area contributed by atoms with Crippen LogP contribution in [0.5, 0.6) is 0 Å². The minimum atomic E-state index is -0.891. The molecule has 5 nitrogen and oxygen atoms in total. The zero-order valence-corrected chi connectivity index (χ0v) is 10.7. The molecule has 0 bridgehead atoms. The lowest BCUT2D eigenvalue weighted by Gasteiger charge is -2.36. The fraction of sp³-hybridized carbons (Fsp3) is 0.917. The minimum absolute atomic E-state index is 0.0994. The molecule has 1 aliphatic rings. The maximum atomic E-state index is 10.4. The smallest absolute Gasteiger partial charge is 0.329 e. The molecule has 1 aliphatic heterocycles. The number of aliphatic carboxylic acids is 1. The number of hydrogen-bond acceptors (Lipinski definition) is 4. The second kappa shape index (κ2) is 7.63. The number of piperidine rings is 1. The molecular formula is C12H23NO4. The van der Waals surface area contributed by atoms with Crippen molar-refractivity contribution in [3.8, 4) is 0 Å². The highest BCUT2D eigenvalue weighted by Gasteiger charge is 2.24. The first-order valence-electron chi connectivity index (χ1n) is 6.23. The number of nitrogens with zero attached hydrogens (tertiary/aromatic N) is 1. The van der Waals surface area contributed by atoms with Gasteiger partial charge in [0.25, 0.3) is 0 Å². The molecule has 17 heavy (non-hydrogen) atoms. The summed E-state index contributed by atoms with van der Waals surface area (Å²) in [5.41, 5.74) is 0. The molecule has 0 radical (unpaired) electrons. The Balaban J connectivity index is 2.26. The van der Waals surface area contributed by atoms with Gasteiger partial charge in [0.1, 0.15) is 6.61 Å². The lowest BCUT2D eigenvalue weighted by molar-refractivity contribution is -0.145. The van der Waals surface area contributed by atoms with E-state index in [1.54, 1.807) is 7.11 Å². The molecule has 0 aliphatic carbocycles. The normalized spacial score (nSPS) is 20.4. The Labute approximate surface area is 103 Å². The molecule has 1 rings (SSSR count). The summed E-state index contributed by atoms with van der Waals surface area (Å²) in [7, 11) is 1.73. The standard InChI is InChI=1S/C12H23NO4/c1-3-10(8-16-2)13-6-4-11(5-7-13)17-9-12(14)15/h10-11H,3-9H2,1-2H3,(H,14,15). The number of carbonyl (C=O) groups is 1. The summed E-state index contributed by atoms with van der Waals surface area (Å²) in [4.78, 5) is 12.8. The number of carboxylic acid groups (broad SMARTS) is 1. The number of hydrogen-bond donors (Lipinski definition) is 1. The summed E-state index contributed by atoms with van der Waals surface area (Å²) in [5.74, 6) is -0.891. The second-order valence-corrected chi connectivity index (χ2v) is 4.46. The third kappa shape index (κ3) is 5.02. The molecule has 0 spiro atoms. The lowest BCUT2D eigenvalue weighted by Crippen LogP contribution is -2.45. The van der Waals surface area contributed by atoms with Gasteiger partial charge in [0.15, 0.2) is 0 Å². The molecule has 5 heteroatoms. The van der Waals surface area contributed by atoms with Gasteiger partial charge in [-0.2, -0.15) is 0 Å². The van der Waals surface area contributed by atoms with Crippen LogP contribution in [0.2, 0.25) is 0 Å². The highest BCUT2D eigenvalue weighted by Crippen LogP contribution is 2.17. The van der Waals surface area contributed by atoms with E-state index >= 15 is 0 Å². The van der Waals surface area contributed by atoms with Crippen molar-refractivity contribution in [3.05, 3.63) is 0 Å². The van der Waals surface area contributed by atoms with Crippen molar-refractivity contribution in [2.75, 3.05) is 33.4 Å². The van der Waals surface area contributed by atoms with E-state index in [2.05, 4.69) is 11.8 Å². The van der Waals surface area contributed by atoms with Crippen LogP contribution < -0.4 is 0 Å². The average Bonchev–Trinajstić information content (AvgIpc) is 2.34. The molecule has 1 unspecified atom stereocenters. The first-order chi connectivity index (χ1) is 8.17. The molecule has 0 saturated carbocycles. The Hall–Kier alpha value is -0.650. The van der Waals surface area contributed by atoms with E-state index in [0.717, 1.165) is 39.0 Å². The molecule has 1 saturated heterocycles. The van der Waals surface area contributed by atoms with Gasteiger partial charge in [-0.25, -0.2) is 4.79 Å². The Morgan fingerprint density at radius 1 is 1.47 bits per heavy atom. The highest BCUT2D eigenvalue weighted by molar-refractivity contribution is 5.68. The third-order valence-corrected chi connectivity index (χ3v) is 3.27. The zero-order valence-electron chi connectivity index (χ0n) is 10.7. The first-order valence-corrected chi connectivity index (χ1v) is 6.23. The van der Waals surface area contributed by atoms with Gasteiger partial charge < -0.3 is 14.6 Å². The Morgan fingerprint density at radius 3 is 2.59 bits per heavy atom. The van der Waals surface area contributed by atoms with Crippen LogP contribution in [0, 0.1) is 0 Å². The van der Waals surface area contributed by atoms with Gasteiger partial charge in [-0.3, -0.25) is 4.90 Å². The average molecular weight is 245 g/mol. The molecule has 0 aromatic carbocycles. The van der Waals surface area contributed by atoms with Gasteiger partial charge in [-0.1, -0.05) is 6.92 Å². The predicted molar refractivity (Wildman–Crippen MR) is 64.1 cm³/mol. The van der Waals surface area contributed by atoms with Crippen molar-refractivity contribution in [2.45, 2.75) is 38.3 Å². The monoisotopic (exact) mass is 245 g/mol. The zero-order chi connectivity index (χ0) is 12.7. The van der Waals surface area contributed by atoms with E-state index in [-0.39, 0.29) is 12.7 Å². The van der Waals surface area contributed by atoms with Crippen molar-refractivity contribution >= 4 is 5.97 Å². The number of likely N-dealkylation sites (tertiary alicyclic amines) is 1. The predicted octanol–water partition coefficient (Wildman–Crippen LogP) is 0.977. The van der Waals surface area contributed by atoms with Gasteiger partial charge in [-0.15, -0.1) is 0 Å². The molecule has 1 heterocycles. The van der Waals surface area contributed by atoms with Crippen molar-refractivity contribution in [3.63, 3.8) is 0 Å². The number of methoxy groups -OCH3 is 1. The van der Waals surface area contributed by atoms with Crippen LogP contribution >= 0.6 is 0 Å². The van der Waals surface area contributed by atoms with Crippen molar-refractivity contribution in [1.29, 1.82) is 0 Å². The van der Waals surface area contributed by atoms with Crippen LogP contribution in [0.25, 0.3) is 0 Å². The summed E-state index contributed by atoms with van der Waals surface area (Å²) in [6.07, 6.45) is 3.00. The Bertz CT molecular complexity index is 227. The fourth-order valence-electron chi connectivity index (χ4n) is 2.27. The van der Waals surface area contributed by atoms with E-state index in [9.17, 15) is 4.79 Å². The molecule has 1 atom stereocenters. The van der Waals surface area contributed by atoms with Gasteiger partial charge in [-0.05, 0) is 19.3 Å². The number of carboxylic acids is 1. The maximum Gasteiger partial charge on any atom is 0.329 e. The maximum absolute atomic E-state index is 10.4. The van der Waals surface area contributed by atoms with E-state index in [0.29, 0.717) is 6.04 Å². The number of ether oxygens (including phenoxy) is 2. The Morgan fingerprint density at radius 2 is 2.12 bits per heavy atom. The SMILES string of the molecule is CCC(COC)N1CCC(OCC(=O)O)CC1. The van der Waals surface area contributed by atoms with Crippen LogP contribution in [0.3, 0.4) is 0 Å². The van der Waals surface area contributed by atoms with Crippen LogP contribution in [0.15, 0.2) is 0 Å². The highest BCUT2D eigenvalue weighted by atomic mass is 16.5. The molecule has 1 fully saturated rings. The molecular weight excluding hydrogens is 222 g/mol. The van der Waals surface area contributed by atoms with Crippen LogP contribution in [-0.2, 0) is 14.3 Å². The summed E-state index contributed by atoms with van der Waals surface area (Å²) in [5, 5.41) is 8.54. The summed E-state index contributed by atoms with van der Waals surface area (Å²) in [6.45, 7) is 4.67. The fourth-order valence-corrected chi connectivity index (χ4v) is 2.27. The number of rotatable bonds is 7. The topological polar surface area (TPSA) is 59.0 Å². The summed E-state index contributed by atoms with van der Waals surface area (Å²) >= 11 is 0. The first kappa shape index (κ1) is 14.4. The van der Waals surface area contributed by atoms with Crippen LogP contribution in [-0.4, -0.2) is 61.5 Å².